The fourth-order valence-electron chi connectivity index (χ4n) is 1.79. The number of hydrogen-bond donors (Lipinski definition) is 0. The molecule has 0 N–H and O–H groups in total. The van der Waals surface area contributed by atoms with E-state index in [1.165, 1.54) is 36.4 Å². The van der Waals surface area contributed by atoms with Crippen LogP contribution in [-0.2, 0) is 9.53 Å². The van der Waals surface area contributed by atoms with Gasteiger partial charge in [0.25, 0.3) is 0 Å². The molecule has 0 fully saturated rings. The zero-order chi connectivity index (χ0) is 16.7. The van der Waals surface area contributed by atoms with Crippen LogP contribution in [0, 0.1) is 5.82 Å². The second-order valence-corrected chi connectivity index (χ2v) is 4.52. The molecule has 0 aliphatic heterocycles. The maximum absolute atomic E-state index is 13.4. The summed E-state index contributed by atoms with van der Waals surface area (Å²) >= 11 is 0. The number of ether oxygens (including phenoxy) is 2. The van der Waals surface area contributed by atoms with Crippen LogP contribution in [0.2, 0.25) is 0 Å². The van der Waals surface area contributed by atoms with Gasteiger partial charge in [-0.25, -0.2) is 14.0 Å². The third kappa shape index (κ3) is 4.78. The van der Waals surface area contributed by atoms with Crippen LogP contribution in [0.25, 0.3) is 6.08 Å². The van der Waals surface area contributed by atoms with Crippen LogP contribution in [0.4, 0.5) is 4.39 Å². The molecule has 5 heteroatoms. The molecule has 2 aromatic rings. The van der Waals surface area contributed by atoms with E-state index in [-0.39, 0.29) is 12.4 Å². The summed E-state index contributed by atoms with van der Waals surface area (Å²) < 4.78 is 23.3. The topological polar surface area (TPSA) is 52.6 Å². The van der Waals surface area contributed by atoms with Crippen molar-refractivity contribution in [1.82, 2.24) is 0 Å². The van der Waals surface area contributed by atoms with Crippen molar-refractivity contribution in [3.05, 3.63) is 71.6 Å². The molecular weight excluding hydrogens is 299 g/mol. The molecule has 118 valence electrons. The second-order valence-electron chi connectivity index (χ2n) is 4.52. The van der Waals surface area contributed by atoms with Crippen LogP contribution in [-0.4, -0.2) is 18.5 Å². The number of rotatable bonds is 5. The highest BCUT2D eigenvalue weighted by molar-refractivity contribution is 5.90. The van der Waals surface area contributed by atoms with E-state index in [2.05, 4.69) is 0 Å². The van der Waals surface area contributed by atoms with Gasteiger partial charge in [-0.05, 0) is 43.3 Å². The molecule has 0 atom stereocenters. The average Bonchev–Trinajstić information content (AvgIpc) is 2.55. The molecular formula is C18H15FO4. The van der Waals surface area contributed by atoms with Crippen molar-refractivity contribution < 1.29 is 23.5 Å². The highest BCUT2D eigenvalue weighted by atomic mass is 19.1. The predicted octanol–water partition coefficient (Wildman–Crippen LogP) is 3.62. The fourth-order valence-corrected chi connectivity index (χ4v) is 1.79. The Hall–Kier alpha value is -2.95. The minimum Gasteiger partial charge on any atom is -0.462 e. The zero-order valence-corrected chi connectivity index (χ0v) is 12.5. The zero-order valence-electron chi connectivity index (χ0n) is 12.5. The summed E-state index contributed by atoms with van der Waals surface area (Å²) in [5, 5.41) is 0. The Morgan fingerprint density at radius 1 is 1.09 bits per heavy atom. The fraction of sp³-hybridized carbons (Fsp3) is 0.111. The Bertz CT molecular complexity index is 720. The lowest BCUT2D eigenvalue weighted by molar-refractivity contribution is -0.128. The molecule has 0 aliphatic carbocycles. The molecule has 4 nitrogen and oxygen atoms in total. The SMILES string of the molecule is CCOC(=O)c1ccc(OC(=O)/C=C/c2ccccc2F)cc1. The third-order valence-corrected chi connectivity index (χ3v) is 2.89. The number of benzene rings is 2. The van der Waals surface area contributed by atoms with Gasteiger partial charge in [0.15, 0.2) is 0 Å². The molecule has 0 radical (unpaired) electrons. The van der Waals surface area contributed by atoms with Crippen molar-refractivity contribution in [3.8, 4) is 5.75 Å². The third-order valence-electron chi connectivity index (χ3n) is 2.89. The summed E-state index contributed by atoms with van der Waals surface area (Å²) in [6.07, 6.45) is 2.47. The van der Waals surface area contributed by atoms with Gasteiger partial charge in [0.1, 0.15) is 11.6 Å². The lowest BCUT2D eigenvalue weighted by Gasteiger charge is -2.04. The van der Waals surface area contributed by atoms with Crippen LogP contribution in [0.3, 0.4) is 0 Å². The average molecular weight is 314 g/mol. The highest BCUT2D eigenvalue weighted by Crippen LogP contribution is 2.14. The normalized spacial score (nSPS) is 10.5. The maximum Gasteiger partial charge on any atom is 0.338 e. The van der Waals surface area contributed by atoms with E-state index in [0.29, 0.717) is 11.1 Å². The predicted molar refractivity (Wildman–Crippen MR) is 83.5 cm³/mol. The first-order chi connectivity index (χ1) is 11.1. The van der Waals surface area contributed by atoms with Crippen LogP contribution in [0.5, 0.6) is 5.75 Å². The van der Waals surface area contributed by atoms with Gasteiger partial charge >= 0.3 is 11.9 Å². The number of carbonyl (C=O) groups is 2. The van der Waals surface area contributed by atoms with E-state index in [9.17, 15) is 14.0 Å². The van der Waals surface area contributed by atoms with Crippen LogP contribution in [0.15, 0.2) is 54.6 Å². The summed E-state index contributed by atoms with van der Waals surface area (Å²) in [6.45, 7) is 2.01. The minimum absolute atomic E-state index is 0.279. The Balaban J connectivity index is 1.98. The molecule has 0 unspecified atom stereocenters. The molecule has 0 saturated heterocycles. The van der Waals surface area contributed by atoms with Crippen LogP contribution < -0.4 is 4.74 Å². The van der Waals surface area contributed by atoms with Crippen molar-refractivity contribution in [2.24, 2.45) is 0 Å². The summed E-state index contributed by atoms with van der Waals surface area (Å²) in [6, 6.07) is 12.1. The first-order valence-corrected chi connectivity index (χ1v) is 7.01. The molecule has 0 spiro atoms. The van der Waals surface area contributed by atoms with E-state index in [4.69, 9.17) is 9.47 Å². The van der Waals surface area contributed by atoms with E-state index >= 15 is 0 Å². The van der Waals surface area contributed by atoms with E-state index in [1.54, 1.807) is 25.1 Å². The van der Waals surface area contributed by atoms with E-state index in [1.807, 2.05) is 0 Å². The Labute approximate surface area is 133 Å². The second kappa shape index (κ2) is 7.89. The Kier molecular flexibility index (Phi) is 5.63. The van der Waals surface area contributed by atoms with Gasteiger partial charge in [-0.2, -0.15) is 0 Å². The molecule has 0 aromatic heterocycles. The Morgan fingerprint density at radius 2 is 1.78 bits per heavy atom. The molecule has 2 rings (SSSR count). The van der Waals surface area contributed by atoms with Gasteiger partial charge in [-0.3, -0.25) is 0 Å². The summed E-state index contributed by atoms with van der Waals surface area (Å²) in [4.78, 5) is 23.2. The molecule has 0 amide bonds. The maximum atomic E-state index is 13.4. The van der Waals surface area contributed by atoms with Crippen LogP contribution in [0.1, 0.15) is 22.8 Å². The lowest BCUT2D eigenvalue weighted by Crippen LogP contribution is -2.06. The van der Waals surface area contributed by atoms with Gasteiger partial charge < -0.3 is 9.47 Å². The number of carbonyl (C=O) groups excluding carboxylic acids is 2. The first-order valence-electron chi connectivity index (χ1n) is 7.01. The first kappa shape index (κ1) is 16.4. The number of halogens is 1. The smallest absolute Gasteiger partial charge is 0.338 e. The van der Waals surface area contributed by atoms with Crippen molar-refractivity contribution in [2.75, 3.05) is 6.61 Å². The Morgan fingerprint density at radius 3 is 2.43 bits per heavy atom. The largest absolute Gasteiger partial charge is 0.462 e. The van der Waals surface area contributed by atoms with Crippen molar-refractivity contribution in [1.29, 1.82) is 0 Å². The van der Waals surface area contributed by atoms with Crippen molar-refractivity contribution in [2.45, 2.75) is 6.92 Å². The van der Waals surface area contributed by atoms with Gasteiger partial charge in [0.2, 0.25) is 0 Å². The summed E-state index contributed by atoms with van der Waals surface area (Å²) in [7, 11) is 0. The lowest BCUT2D eigenvalue weighted by atomic mass is 10.2. The van der Waals surface area contributed by atoms with E-state index < -0.39 is 17.8 Å². The molecule has 23 heavy (non-hydrogen) atoms. The van der Waals surface area contributed by atoms with Crippen molar-refractivity contribution in [3.63, 3.8) is 0 Å². The highest BCUT2D eigenvalue weighted by Gasteiger charge is 2.07. The number of esters is 2. The summed E-state index contributed by atoms with van der Waals surface area (Å²) in [5.41, 5.74) is 0.663. The van der Waals surface area contributed by atoms with Crippen LogP contribution >= 0.6 is 0 Å². The van der Waals surface area contributed by atoms with Crippen molar-refractivity contribution >= 4 is 18.0 Å². The standard InChI is InChI=1S/C18H15FO4/c1-2-22-18(21)14-7-10-15(11-8-14)23-17(20)12-9-13-5-3-4-6-16(13)19/h3-12H,2H2,1H3/b12-9+. The molecule has 2 aromatic carbocycles. The quantitative estimate of drug-likeness (QED) is 0.480. The molecule has 0 saturated carbocycles. The van der Waals surface area contributed by atoms with Gasteiger partial charge in [-0.1, -0.05) is 18.2 Å². The minimum atomic E-state index is -0.642. The van der Waals surface area contributed by atoms with Gasteiger partial charge in [0.05, 0.1) is 12.2 Å². The van der Waals surface area contributed by atoms with Gasteiger partial charge in [-0.15, -0.1) is 0 Å². The molecule has 0 bridgehead atoms. The molecule has 0 aliphatic rings. The number of hydrogen-bond acceptors (Lipinski definition) is 4. The monoisotopic (exact) mass is 314 g/mol. The summed E-state index contributed by atoms with van der Waals surface area (Å²) in [5.74, 6) is -1.22. The van der Waals surface area contributed by atoms with E-state index in [0.717, 1.165) is 6.08 Å². The van der Waals surface area contributed by atoms with Gasteiger partial charge in [0, 0.05) is 11.6 Å². The molecule has 0 heterocycles.